The van der Waals surface area contributed by atoms with E-state index in [1.807, 2.05) is 46.8 Å². The smallest absolute Gasteiger partial charge is 0.176 e. The lowest BCUT2D eigenvalue weighted by molar-refractivity contribution is 0.0927. The topological polar surface area (TPSA) is 74.3 Å². The Kier molecular flexibility index (Phi) is 4.81. The first kappa shape index (κ1) is 16.1. The van der Waals surface area contributed by atoms with E-state index in [0.29, 0.717) is 23.9 Å². The van der Waals surface area contributed by atoms with Crippen molar-refractivity contribution < 1.29 is 14.6 Å². The standard InChI is InChI=1S/C17H20N4O3/c1-20-8-6-18-16(20)17-19-7-9-21(17)11-13(22)12-24-15-5-3-4-14(10-15)23-2/h3-10,13,22H,11-12H2,1-2H3/t13-/m1/s1. The van der Waals surface area contributed by atoms with Gasteiger partial charge in [-0.3, -0.25) is 0 Å². The molecular weight excluding hydrogens is 308 g/mol. The molecule has 0 fully saturated rings. The minimum atomic E-state index is -0.676. The van der Waals surface area contributed by atoms with Gasteiger partial charge in [0, 0.05) is 37.9 Å². The summed E-state index contributed by atoms with van der Waals surface area (Å²) in [6.07, 6.45) is 6.41. The van der Waals surface area contributed by atoms with E-state index < -0.39 is 6.10 Å². The summed E-state index contributed by atoms with van der Waals surface area (Å²) in [6.45, 7) is 0.539. The van der Waals surface area contributed by atoms with Gasteiger partial charge in [0.05, 0.1) is 13.7 Å². The molecule has 24 heavy (non-hydrogen) atoms. The van der Waals surface area contributed by atoms with Gasteiger partial charge in [-0.25, -0.2) is 9.97 Å². The van der Waals surface area contributed by atoms with Gasteiger partial charge in [-0.15, -0.1) is 0 Å². The second-order valence-corrected chi connectivity index (χ2v) is 5.41. The molecule has 0 saturated heterocycles. The van der Waals surface area contributed by atoms with Gasteiger partial charge in [0.1, 0.15) is 24.2 Å². The molecule has 2 heterocycles. The Balaban J connectivity index is 1.62. The third-order valence-corrected chi connectivity index (χ3v) is 3.63. The van der Waals surface area contributed by atoms with Crippen LogP contribution < -0.4 is 9.47 Å². The first-order chi connectivity index (χ1) is 11.7. The number of methoxy groups -OCH3 is 1. The van der Waals surface area contributed by atoms with Crippen LogP contribution in [0.3, 0.4) is 0 Å². The Hall–Kier alpha value is -2.80. The molecule has 0 unspecified atom stereocenters. The van der Waals surface area contributed by atoms with Gasteiger partial charge in [0.2, 0.25) is 0 Å². The van der Waals surface area contributed by atoms with Gasteiger partial charge < -0.3 is 23.7 Å². The Morgan fingerprint density at radius 1 is 1.12 bits per heavy atom. The summed E-state index contributed by atoms with van der Waals surface area (Å²) < 4.78 is 14.5. The first-order valence-electron chi connectivity index (χ1n) is 7.61. The van der Waals surface area contributed by atoms with Crippen LogP contribution >= 0.6 is 0 Å². The molecular formula is C17H20N4O3. The molecule has 0 spiro atoms. The number of nitrogens with zero attached hydrogens (tertiary/aromatic N) is 4. The summed E-state index contributed by atoms with van der Waals surface area (Å²) in [6, 6.07) is 7.29. The van der Waals surface area contributed by atoms with Gasteiger partial charge in [0.25, 0.3) is 0 Å². The Bertz CT molecular complexity index is 796. The molecule has 1 atom stereocenters. The lowest BCUT2D eigenvalue weighted by Crippen LogP contribution is -2.24. The van der Waals surface area contributed by atoms with Crippen LogP contribution in [0.4, 0.5) is 0 Å². The van der Waals surface area contributed by atoms with E-state index >= 15 is 0 Å². The number of aryl methyl sites for hydroxylation is 1. The number of imidazole rings is 2. The van der Waals surface area contributed by atoms with E-state index in [0.717, 1.165) is 5.82 Å². The number of aromatic nitrogens is 4. The number of rotatable bonds is 7. The second-order valence-electron chi connectivity index (χ2n) is 5.41. The van der Waals surface area contributed by atoms with Gasteiger partial charge in [-0.1, -0.05) is 6.07 Å². The zero-order valence-corrected chi connectivity index (χ0v) is 13.7. The molecule has 0 aliphatic heterocycles. The van der Waals surface area contributed by atoms with Crippen molar-refractivity contribution in [1.29, 1.82) is 0 Å². The van der Waals surface area contributed by atoms with Crippen LogP contribution in [0.1, 0.15) is 0 Å². The zero-order chi connectivity index (χ0) is 16.9. The molecule has 1 aromatic carbocycles. The average molecular weight is 328 g/mol. The highest BCUT2D eigenvalue weighted by Crippen LogP contribution is 2.19. The predicted octanol–water partition coefficient (Wildman–Crippen LogP) is 1.73. The van der Waals surface area contributed by atoms with Crippen molar-refractivity contribution in [2.24, 2.45) is 7.05 Å². The summed E-state index contributed by atoms with van der Waals surface area (Å²) in [7, 11) is 3.51. The van der Waals surface area contributed by atoms with Gasteiger partial charge in [-0.05, 0) is 12.1 Å². The predicted molar refractivity (Wildman–Crippen MR) is 88.9 cm³/mol. The molecule has 126 valence electrons. The number of aliphatic hydroxyl groups excluding tert-OH is 1. The van der Waals surface area contributed by atoms with Crippen molar-refractivity contribution in [2.45, 2.75) is 12.6 Å². The monoisotopic (exact) mass is 328 g/mol. The van der Waals surface area contributed by atoms with Crippen molar-refractivity contribution in [3.8, 4) is 23.1 Å². The molecule has 3 aromatic rings. The van der Waals surface area contributed by atoms with Crippen molar-refractivity contribution >= 4 is 0 Å². The summed E-state index contributed by atoms with van der Waals surface area (Å²) in [5.74, 6) is 2.83. The SMILES string of the molecule is COc1cccc(OC[C@H](O)Cn2ccnc2-c2nccn2C)c1. The van der Waals surface area contributed by atoms with E-state index in [9.17, 15) is 5.11 Å². The normalized spacial score (nSPS) is 12.1. The second kappa shape index (κ2) is 7.18. The summed E-state index contributed by atoms with van der Waals surface area (Å²) >= 11 is 0. The third kappa shape index (κ3) is 3.57. The fourth-order valence-electron chi connectivity index (χ4n) is 2.41. The van der Waals surface area contributed by atoms with Crippen LogP contribution in [0.2, 0.25) is 0 Å². The fourth-order valence-corrected chi connectivity index (χ4v) is 2.41. The Morgan fingerprint density at radius 2 is 1.88 bits per heavy atom. The Morgan fingerprint density at radius 3 is 2.62 bits per heavy atom. The molecule has 1 N–H and O–H groups in total. The Labute approximate surface area is 140 Å². The first-order valence-corrected chi connectivity index (χ1v) is 7.61. The fraction of sp³-hybridized carbons (Fsp3) is 0.294. The molecule has 2 aromatic heterocycles. The number of aliphatic hydroxyl groups is 1. The highest BCUT2D eigenvalue weighted by Gasteiger charge is 2.14. The van der Waals surface area contributed by atoms with Gasteiger partial charge >= 0.3 is 0 Å². The van der Waals surface area contributed by atoms with Crippen LogP contribution in [0.15, 0.2) is 49.1 Å². The minimum Gasteiger partial charge on any atom is -0.497 e. The van der Waals surface area contributed by atoms with Gasteiger partial charge in [0.15, 0.2) is 11.6 Å². The molecule has 0 bridgehead atoms. The molecule has 0 radical (unpaired) electrons. The van der Waals surface area contributed by atoms with Crippen molar-refractivity contribution in [3.63, 3.8) is 0 Å². The number of benzene rings is 1. The van der Waals surface area contributed by atoms with E-state index in [-0.39, 0.29) is 6.61 Å². The highest BCUT2D eigenvalue weighted by atomic mass is 16.5. The van der Waals surface area contributed by atoms with Crippen LogP contribution in [-0.4, -0.2) is 44.0 Å². The van der Waals surface area contributed by atoms with E-state index in [4.69, 9.17) is 9.47 Å². The number of hydrogen-bond donors (Lipinski definition) is 1. The van der Waals surface area contributed by atoms with Crippen LogP contribution in [0.5, 0.6) is 11.5 Å². The zero-order valence-electron chi connectivity index (χ0n) is 13.7. The summed E-state index contributed by atoms with van der Waals surface area (Å²) in [4.78, 5) is 8.62. The summed E-state index contributed by atoms with van der Waals surface area (Å²) in [5.41, 5.74) is 0. The lowest BCUT2D eigenvalue weighted by atomic mass is 10.3. The minimum absolute atomic E-state index is 0.172. The quantitative estimate of drug-likeness (QED) is 0.715. The maximum absolute atomic E-state index is 10.3. The van der Waals surface area contributed by atoms with Crippen molar-refractivity contribution in [2.75, 3.05) is 13.7 Å². The van der Waals surface area contributed by atoms with E-state index in [1.165, 1.54) is 0 Å². The van der Waals surface area contributed by atoms with E-state index in [2.05, 4.69) is 9.97 Å². The average Bonchev–Trinajstić information content (AvgIpc) is 3.21. The largest absolute Gasteiger partial charge is 0.497 e. The van der Waals surface area contributed by atoms with E-state index in [1.54, 1.807) is 25.6 Å². The van der Waals surface area contributed by atoms with Crippen molar-refractivity contribution in [1.82, 2.24) is 19.1 Å². The molecule has 0 saturated carbocycles. The van der Waals surface area contributed by atoms with Gasteiger partial charge in [-0.2, -0.15) is 0 Å². The van der Waals surface area contributed by atoms with Crippen LogP contribution in [-0.2, 0) is 13.6 Å². The van der Waals surface area contributed by atoms with Crippen LogP contribution in [0.25, 0.3) is 11.6 Å². The lowest BCUT2D eigenvalue weighted by Gasteiger charge is -2.15. The number of hydrogen-bond acceptors (Lipinski definition) is 5. The van der Waals surface area contributed by atoms with Crippen molar-refractivity contribution in [3.05, 3.63) is 49.1 Å². The molecule has 0 aliphatic rings. The molecule has 0 amide bonds. The number of ether oxygens (including phenoxy) is 2. The molecule has 0 aliphatic carbocycles. The maximum atomic E-state index is 10.3. The molecule has 3 rings (SSSR count). The molecule has 7 heteroatoms. The third-order valence-electron chi connectivity index (χ3n) is 3.63. The molecule has 7 nitrogen and oxygen atoms in total. The summed E-state index contributed by atoms with van der Waals surface area (Å²) in [5, 5.41) is 10.3. The maximum Gasteiger partial charge on any atom is 0.176 e. The van der Waals surface area contributed by atoms with Crippen LogP contribution in [0, 0.1) is 0 Å². The highest BCUT2D eigenvalue weighted by molar-refractivity contribution is 5.44.